The number of nitrogens with zero attached hydrogens (tertiary/aromatic N) is 1. The van der Waals surface area contributed by atoms with Crippen molar-refractivity contribution in [3.05, 3.63) is 28.0 Å². The lowest BCUT2D eigenvalue weighted by molar-refractivity contribution is -0.0719. The number of hydrogen-bond acceptors (Lipinski definition) is 2. The van der Waals surface area contributed by atoms with Gasteiger partial charge in [-0.3, -0.25) is 0 Å². The molecule has 0 spiro atoms. The Morgan fingerprint density at radius 3 is 2.53 bits per heavy atom. The molecule has 17 heavy (non-hydrogen) atoms. The van der Waals surface area contributed by atoms with Gasteiger partial charge in [0.05, 0.1) is 10.0 Å². The minimum atomic E-state index is -3.05. The molecule has 0 radical (unpaired) electrons. The normalized spacial score (nSPS) is 13.0. The van der Waals surface area contributed by atoms with Gasteiger partial charge in [-0.25, -0.2) is 13.2 Å². The van der Waals surface area contributed by atoms with E-state index in [2.05, 4.69) is 15.9 Å². The monoisotopic (exact) mass is 307 g/mol. The van der Waals surface area contributed by atoms with Gasteiger partial charge in [0.15, 0.2) is 6.10 Å². The molecule has 0 saturated heterocycles. The second kappa shape index (κ2) is 4.96. The molecule has 0 aromatic heterocycles. The molecule has 92 valence electrons. The van der Waals surface area contributed by atoms with E-state index in [-0.39, 0.29) is 15.8 Å². The van der Waals surface area contributed by atoms with Gasteiger partial charge in [-0.15, -0.1) is 0 Å². The second-order valence-electron chi connectivity index (χ2n) is 3.59. The van der Waals surface area contributed by atoms with Crippen LogP contribution in [0.4, 0.5) is 13.2 Å². The first kappa shape index (κ1) is 13.8. The van der Waals surface area contributed by atoms with E-state index in [1.165, 1.54) is 6.92 Å². The maximum Gasteiger partial charge on any atom is 0.281 e. The van der Waals surface area contributed by atoms with Crippen molar-refractivity contribution >= 4 is 15.9 Å². The van der Waals surface area contributed by atoms with Gasteiger partial charge in [0.25, 0.3) is 5.92 Å². The highest BCUT2D eigenvalue weighted by molar-refractivity contribution is 9.10. The topological polar surface area (TPSA) is 33.0 Å². The lowest BCUT2D eigenvalue weighted by Crippen LogP contribution is -2.32. The fourth-order valence-corrected chi connectivity index (χ4v) is 1.33. The summed E-state index contributed by atoms with van der Waals surface area (Å²) in [6, 6.07) is 3.78. The first-order valence-corrected chi connectivity index (χ1v) is 5.48. The number of halogens is 4. The third-order valence-electron chi connectivity index (χ3n) is 2.16. The lowest BCUT2D eigenvalue weighted by atomic mass is 10.2. The minimum absolute atomic E-state index is 0.0538. The molecule has 0 aliphatic carbocycles. The third-order valence-corrected chi connectivity index (χ3v) is 2.77. The smallest absolute Gasteiger partial charge is 0.281 e. The quantitative estimate of drug-likeness (QED) is 0.849. The number of ether oxygens (including phenoxy) is 1. The Hall–Kier alpha value is -1.22. The molecule has 0 heterocycles. The van der Waals surface area contributed by atoms with Gasteiger partial charge in [-0.2, -0.15) is 5.26 Å². The maximum atomic E-state index is 13.1. The Bertz CT molecular complexity index is 465. The summed E-state index contributed by atoms with van der Waals surface area (Å²) in [4.78, 5) is 0. The standard InChI is InChI=1S/C11H9BrF3NO/c1-6(11(2,14)15)17-10-4-8(12)9(13)3-7(10)5-16/h3-4,6H,1-2H3. The number of alkyl halides is 2. The first-order chi connectivity index (χ1) is 7.75. The van der Waals surface area contributed by atoms with Crippen LogP contribution in [0.15, 0.2) is 16.6 Å². The van der Waals surface area contributed by atoms with Gasteiger partial charge in [-0.05, 0) is 35.0 Å². The SMILES string of the molecule is CC(Oc1cc(Br)c(F)cc1C#N)C(C)(F)F. The fraction of sp³-hybridized carbons (Fsp3) is 0.364. The van der Waals surface area contributed by atoms with Crippen molar-refractivity contribution in [2.45, 2.75) is 25.9 Å². The summed E-state index contributed by atoms with van der Waals surface area (Å²) in [6.07, 6.45) is -1.41. The summed E-state index contributed by atoms with van der Waals surface area (Å²) >= 11 is 2.90. The highest BCUT2D eigenvalue weighted by Crippen LogP contribution is 2.29. The van der Waals surface area contributed by atoms with Crippen LogP contribution < -0.4 is 4.74 Å². The van der Waals surface area contributed by atoms with Gasteiger partial charge in [-0.1, -0.05) is 0 Å². The van der Waals surface area contributed by atoms with Gasteiger partial charge >= 0.3 is 0 Å². The minimum Gasteiger partial charge on any atom is -0.483 e. The molecule has 0 aliphatic heterocycles. The molecule has 0 aliphatic rings. The van der Waals surface area contributed by atoms with E-state index in [1.807, 2.05) is 0 Å². The van der Waals surface area contributed by atoms with Crippen molar-refractivity contribution < 1.29 is 17.9 Å². The Morgan fingerprint density at radius 1 is 1.47 bits per heavy atom. The van der Waals surface area contributed by atoms with Gasteiger partial charge < -0.3 is 4.74 Å². The molecular formula is C11H9BrF3NO. The Balaban J connectivity index is 3.07. The van der Waals surface area contributed by atoms with E-state index in [9.17, 15) is 13.2 Å². The molecule has 0 N–H and O–H groups in total. The van der Waals surface area contributed by atoms with E-state index >= 15 is 0 Å². The van der Waals surface area contributed by atoms with Gasteiger partial charge in [0, 0.05) is 6.92 Å². The third kappa shape index (κ3) is 3.37. The van der Waals surface area contributed by atoms with Crippen LogP contribution in [0.2, 0.25) is 0 Å². The van der Waals surface area contributed by atoms with E-state index in [0.717, 1.165) is 12.1 Å². The summed E-state index contributed by atoms with van der Waals surface area (Å²) in [6.45, 7) is 1.89. The van der Waals surface area contributed by atoms with Crippen LogP contribution in [0.25, 0.3) is 0 Å². The summed E-state index contributed by atoms with van der Waals surface area (Å²) in [5.74, 6) is -3.77. The fourth-order valence-electron chi connectivity index (χ4n) is 1.01. The molecule has 0 amide bonds. The van der Waals surface area contributed by atoms with Crippen LogP contribution in [-0.4, -0.2) is 12.0 Å². The Morgan fingerprint density at radius 2 is 2.06 bits per heavy atom. The zero-order valence-electron chi connectivity index (χ0n) is 9.10. The summed E-state index contributed by atoms with van der Waals surface area (Å²) < 4.78 is 44.0. The van der Waals surface area contributed by atoms with E-state index in [0.29, 0.717) is 6.92 Å². The van der Waals surface area contributed by atoms with Crippen LogP contribution in [0.3, 0.4) is 0 Å². The zero-order valence-corrected chi connectivity index (χ0v) is 10.7. The van der Waals surface area contributed by atoms with E-state index in [4.69, 9.17) is 10.00 Å². The summed E-state index contributed by atoms with van der Waals surface area (Å²) in [5, 5.41) is 8.75. The van der Waals surface area contributed by atoms with Crippen molar-refractivity contribution in [1.82, 2.24) is 0 Å². The Kier molecular flexibility index (Phi) is 4.04. The van der Waals surface area contributed by atoms with Crippen molar-refractivity contribution in [2.75, 3.05) is 0 Å². The molecule has 0 saturated carbocycles. The lowest BCUT2D eigenvalue weighted by Gasteiger charge is -2.21. The molecule has 1 atom stereocenters. The van der Waals surface area contributed by atoms with Crippen molar-refractivity contribution in [3.8, 4) is 11.8 Å². The van der Waals surface area contributed by atoms with Crippen LogP contribution in [0.5, 0.6) is 5.75 Å². The molecule has 1 unspecified atom stereocenters. The molecule has 6 heteroatoms. The predicted octanol–water partition coefficient (Wildman–Crippen LogP) is 3.88. The highest BCUT2D eigenvalue weighted by Gasteiger charge is 2.32. The molecule has 2 nitrogen and oxygen atoms in total. The number of hydrogen-bond donors (Lipinski definition) is 0. The van der Waals surface area contributed by atoms with E-state index in [1.54, 1.807) is 6.07 Å². The predicted molar refractivity (Wildman–Crippen MR) is 59.5 cm³/mol. The molecule has 1 aromatic carbocycles. The number of nitriles is 1. The second-order valence-corrected chi connectivity index (χ2v) is 4.44. The molecule has 0 fully saturated rings. The largest absolute Gasteiger partial charge is 0.483 e. The van der Waals surface area contributed by atoms with Crippen LogP contribution in [-0.2, 0) is 0 Å². The average Bonchev–Trinajstić information content (AvgIpc) is 2.21. The Labute approximate surface area is 105 Å². The van der Waals surface area contributed by atoms with Crippen molar-refractivity contribution in [2.24, 2.45) is 0 Å². The van der Waals surface area contributed by atoms with Crippen LogP contribution in [0, 0.1) is 17.1 Å². The maximum absolute atomic E-state index is 13.1. The van der Waals surface area contributed by atoms with E-state index < -0.39 is 17.8 Å². The average molecular weight is 308 g/mol. The van der Waals surface area contributed by atoms with Crippen molar-refractivity contribution in [3.63, 3.8) is 0 Å². The number of benzene rings is 1. The first-order valence-electron chi connectivity index (χ1n) is 4.69. The van der Waals surface area contributed by atoms with Crippen LogP contribution >= 0.6 is 15.9 Å². The number of rotatable bonds is 3. The van der Waals surface area contributed by atoms with Gasteiger partial charge in [0.2, 0.25) is 0 Å². The van der Waals surface area contributed by atoms with Gasteiger partial charge in [0.1, 0.15) is 17.6 Å². The highest BCUT2D eigenvalue weighted by atomic mass is 79.9. The summed E-state index contributed by atoms with van der Waals surface area (Å²) in [5.41, 5.74) is -0.123. The zero-order chi connectivity index (χ0) is 13.2. The summed E-state index contributed by atoms with van der Waals surface area (Å²) in [7, 11) is 0. The molecular weight excluding hydrogens is 299 g/mol. The van der Waals surface area contributed by atoms with Crippen molar-refractivity contribution in [1.29, 1.82) is 5.26 Å². The molecule has 1 aromatic rings. The molecule has 0 bridgehead atoms. The molecule has 1 rings (SSSR count). The van der Waals surface area contributed by atoms with Crippen LogP contribution in [0.1, 0.15) is 19.4 Å².